The van der Waals surface area contributed by atoms with Gasteiger partial charge in [0.05, 0.1) is 18.3 Å². The maximum Gasteiger partial charge on any atom is 0.0882 e. The molecule has 4 rings (SSSR count). The Hall–Kier alpha value is -0.120. The van der Waals surface area contributed by atoms with Crippen molar-refractivity contribution in [2.24, 2.45) is 46.8 Å². The van der Waals surface area contributed by atoms with Crippen LogP contribution in [-0.4, -0.2) is 35.6 Å². The lowest BCUT2D eigenvalue weighted by atomic mass is 9.47. The van der Waals surface area contributed by atoms with Gasteiger partial charge in [-0.15, -0.1) is 0 Å². The predicted molar refractivity (Wildman–Crippen MR) is 113 cm³/mol. The zero-order valence-corrected chi connectivity index (χ0v) is 18.7. The van der Waals surface area contributed by atoms with Crippen molar-refractivity contribution in [3.05, 3.63) is 0 Å². The number of rotatable bonds is 5. The van der Waals surface area contributed by atoms with Crippen LogP contribution in [0.15, 0.2) is 0 Å². The third-order valence-electron chi connectivity index (χ3n) is 9.67. The quantitative estimate of drug-likeness (QED) is 0.689. The Morgan fingerprint density at radius 2 is 1.68 bits per heavy atom. The molecule has 0 aromatic rings. The first-order valence-corrected chi connectivity index (χ1v) is 12.2. The highest BCUT2D eigenvalue weighted by Crippen LogP contribution is 2.67. The first kappa shape index (κ1) is 21.1. The molecule has 0 aliphatic heterocycles. The lowest BCUT2D eigenvalue weighted by Gasteiger charge is -2.58. The van der Waals surface area contributed by atoms with E-state index in [1.165, 1.54) is 51.4 Å². The van der Waals surface area contributed by atoms with Gasteiger partial charge < -0.3 is 14.9 Å². The standard InChI is InChI=1S/C25H44O3/c1-16(2)13-25-12-10-20-19-9-11-24(27,15-28-4)14-18(19)5-6-21(20)23(25)8-7-22(25)17(3)26/h16-23,26-27H,5-15H2,1-4H3/t17?,18-,19+,20-,21-,22-,23+,24+,25+/m1/s1. The molecular weight excluding hydrogens is 348 g/mol. The molecule has 0 spiro atoms. The normalized spacial score (nSPS) is 49.4. The van der Waals surface area contributed by atoms with Crippen LogP contribution in [0, 0.1) is 46.8 Å². The molecule has 0 saturated heterocycles. The molecule has 2 N–H and O–H groups in total. The highest BCUT2D eigenvalue weighted by atomic mass is 16.5. The Labute approximate surface area is 172 Å². The zero-order chi connectivity index (χ0) is 20.1. The van der Waals surface area contributed by atoms with Crippen LogP contribution in [0.2, 0.25) is 0 Å². The van der Waals surface area contributed by atoms with E-state index in [0.717, 1.165) is 36.5 Å². The number of aliphatic hydroxyl groups is 2. The van der Waals surface area contributed by atoms with E-state index in [1.54, 1.807) is 7.11 Å². The van der Waals surface area contributed by atoms with Crippen molar-refractivity contribution in [1.29, 1.82) is 0 Å². The summed E-state index contributed by atoms with van der Waals surface area (Å²) in [6.07, 6.45) is 12.1. The van der Waals surface area contributed by atoms with Gasteiger partial charge in [-0.2, -0.15) is 0 Å². The van der Waals surface area contributed by atoms with Gasteiger partial charge in [-0.3, -0.25) is 0 Å². The molecule has 162 valence electrons. The molecule has 1 unspecified atom stereocenters. The van der Waals surface area contributed by atoms with Crippen molar-refractivity contribution in [3.8, 4) is 0 Å². The average molecular weight is 393 g/mol. The van der Waals surface area contributed by atoms with Gasteiger partial charge in [-0.25, -0.2) is 0 Å². The summed E-state index contributed by atoms with van der Waals surface area (Å²) in [7, 11) is 1.72. The van der Waals surface area contributed by atoms with Gasteiger partial charge in [0.15, 0.2) is 0 Å². The molecule has 0 heterocycles. The van der Waals surface area contributed by atoms with E-state index in [9.17, 15) is 10.2 Å². The van der Waals surface area contributed by atoms with Gasteiger partial charge in [-0.05, 0) is 118 Å². The first-order chi connectivity index (χ1) is 13.3. The summed E-state index contributed by atoms with van der Waals surface area (Å²) >= 11 is 0. The van der Waals surface area contributed by atoms with Crippen LogP contribution in [0.4, 0.5) is 0 Å². The second kappa shape index (κ2) is 7.85. The Morgan fingerprint density at radius 3 is 2.36 bits per heavy atom. The van der Waals surface area contributed by atoms with Gasteiger partial charge in [-0.1, -0.05) is 13.8 Å². The number of aliphatic hydroxyl groups excluding tert-OH is 1. The predicted octanol–water partition coefficient (Wildman–Crippen LogP) is 5.04. The molecule has 4 saturated carbocycles. The minimum absolute atomic E-state index is 0.157. The van der Waals surface area contributed by atoms with Gasteiger partial charge >= 0.3 is 0 Å². The minimum Gasteiger partial charge on any atom is -0.393 e. The second-order valence-corrected chi connectivity index (χ2v) is 11.6. The fourth-order valence-electron chi connectivity index (χ4n) is 9.10. The zero-order valence-electron chi connectivity index (χ0n) is 18.7. The molecular formula is C25H44O3. The van der Waals surface area contributed by atoms with Gasteiger partial charge in [0.1, 0.15) is 0 Å². The Bertz CT molecular complexity index is 546. The Morgan fingerprint density at radius 1 is 0.929 bits per heavy atom. The summed E-state index contributed by atoms with van der Waals surface area (Å²) in [6.45, 7) is 7.31. The summed E-state index contributed by atoms with van der Waals surface area (Å²) in [6, 6.07) is 0. The van der Waals surface area contributed by atoms with Crippen molar-refractivity contribution >= 4 is 0 Å². The van der Waals surface area contributed by atoms with Crippen LogP contribution in [-0.2, 0) is 4.74 Å². The van der Waals surface area contributed by atoms with E-state index in [1.807, 2.05) is 0 Å². The SMILES string of the molecule is COC[C@]1(O)CC[C@H]2[C@H](CC[C@@H]3[C@@H]2CC[C@]2(CC(C)C)[C@@H](C(C)O)CC[C@@H]32)C1. The van der Waals surface area contributed by atoms with Crippen LogP contribution in [0.25, 0.3) is 0 Å². The lowest BCUT2D eigenvalue weighted by molar-refractivity contribution is -0.133. The number of methoxy groups -OCH3 is 1. The second-order valence-electron chi connectivity index (χ2n) is 11.6. The van der Waals surface area contributed by atoms with Crippen molar-refractivity contribution < 1.29 is 14.9 Å². The van der Waals surface area contributed by atoms with Crippen LogP contribution in [0.3, 0.4) is 0 Å². The first-order valence-electron chi connectivity index (χ1n) is 12.2. The van der Waals surface area contributed by atoms with Gasteiger partial charge in [0.2, 0.25) is 0 Å². The molecule has 4 aliphatic carbocycles. The fourth-order valence-corrected chi connectivity index (χ4v) is 9.10. The highest BCUT2D eigenvalue weighted by Gasteiger charge is 2.60. The summed E-state index contributed by atoms with van der Waals surface area (Å²) < 4.78 is 5.34. The molecule has 9 atom stereocenters. The summed E-state index contributed by atoms with van der Waals surface area (Å²) in [5, 5.41) is 21.6. The molecule has 0 bridgehead atoms. The monoisotopic (exact) mass is 392 g/mol. The Kier molecular flexibility index (Phi) is 5.92. The van der Waals surface area contributed by atoms with E-state index >= 15 is 0 Å². The van der Waals surface area contributed by atoms with Gasteiger partial charge in [0, 0.05) is 7.11 Å². The molecule has 0 aromatic heterocycles. The van der Waals surface area contributed by atoms with E-state index in [2.05, 4.69) is 20.8 Å². The third kappa shape index (κ3) is 3.48. The molecule has 3 nitrogen and oxygen atoms in total. The molecule has 0 amide bonds. The van der Waals surface area contributed by atoms with Crippen LogP contribution in [0.5, 0.6) is 0 Å². The number of hydrogen-bond acceptors (Lipinski definition) is 3. The van der Waals surface area contributed by atoms with E-state index < -0.39 is 5.60 Å². The smallest absolute Gasteiger partial charge is 0.0882 e. The van der Waals surface area contributed by atoms with Crippen molar-refractivity contribution in [2.45, 2.75) is 96.7 Å². The molecule has 28 heavy (non-hydrogen) atoms. The highest BCUT2D eigenvalue weighted by molar-refractivity contribution is 5.09. The maximum atomic E-state index is 10.9. The van der Waals surface area contributed by atoms with E-state index in [0.29, 0.717) is 29.8 Å². The van der Waals surface area contributed by atoms with Crippen LogP contribution in [0.1, 0.15) is 85.0 Å². The van der Waals surface area contributed by atoms with Gasteiger partial charge in [0.25, 0.3) is 0 Å². The topological polar surface area (TPSA) is 49.7 Å². The van der Waals surface area contributed by atoms with Crippen LogP contribution >= 0.6 is 0 Å². The van der Waals surface area contributed by atoms with E-state index in [-0.39, 0.29) is 6.10 Å². The van der Waals surface area contributed by atoms with Crippen LogP contribution < -0.4 is 0 Å². The van der Waals surface area contributed by atoms with E-state index in [4.69, 9.17) is 4.74 Å². The number of ether oxygens (including phenoxy) is 1. The minimum atomic E-state index is -0.580. The largest absolute Gasteiger partial charge is 0.393 e. The fraction of sp³-hybridized carbons (Fsp3) is 1.00. The average Bonchev–Trinajstić information content (AvgIpc) is 2.99. The molecule has 4 fully saturated rings. The number of fused-ring (bicyclic) bond motifs is 5. The molecule has 0 aromatic carbocycles. The lowest BCUT2D eigenvalue weighted by Crippen LogP contribution is -2.53. The van der Waals surface area contributed by atoms with Crippen molar-refractivity contribution in [3.63, 3.8) is 0 Å². The van der Waals surface area contributed by atoms with Crippen molar-refractivity contribution in [2.75, 3.05) is 13.7 Å². The Balaban J connectivity index is 1.54. The third-order valence-corrected chi connectivity index (χ3v) is 9.67. The molecule has 4 aliphatic rings. The maximum absolute atomic E-state index is 10.9. The summed E-state index contributed by atoms with van der Waals surface area (Å²) in [5.41, 5.74) is -0.189. The summed E-state index contributed by atoms with van der Waals surface area (Å²) in [4.78, 5) is 0. The van der Waals surface area contributed by atoms with Crippen molar-refractivity contribution in [1.82, 2.24) is 0 Å². The molecule has 0 radical (unpaired) electrons. The summed E-state index contributed by atoms with van der Waals surface area (Å²) in [5.74, 6) is 5.30. The molecule has 3 heteroatoms. The number of hydrogen-bond donors (Lipinski definition) is 2.